The lowest BCUT2D eigenvalue weighted by Crippen LogP contribution is -2.40. The molecule has 1 fully saturated rings. The maximum atomic E-state index is 11.2. The predicted octanol–water partition coefficient (Wildman–Crippen LogP) is 3.31. The highest BCUT2D eigenvalue weighted by molar-refractivity contribution is 5.93. The molecule has 6 heteroatoms. The molecule has 1 aliphatic heterocycles. The van der Waals surface area contributed by atoms with Crippen LogP contribution in [0.3, 0.4) is 0 Å². The molecule has 1 heterocycles. The van der Waals surface area contributed by atoms with E-state index < -0.39 is 10.9 Å². The van der Waals surface area contributed by atoms with Crippen LogP contribution in [0.4, 0.5) is 11.4 Å². The Hall–Kier alpha value is -2.11. The molecule has 0 radical (unpaired) electrons. The van der Waals surface area contributed by atoms with Crippen molar-refractivity contribution in [1.29, 1.82) is 0 Å². The molecule has 21 heavy (non-hydrogen) atoms. The number of hydrogen-bond acceptors (Lipinski definition) is 4. The van der Waals surface area contributed by atoms with Gasteiger partial charge in [0, 0.05) is 24.3 Å². The average molecular weight is 292 g/mol. The molecule has 0 aliphatic carbocycles. The Labute approximate surface area is 123 Å². The van der Waals surface area contributed by atoms with Crippen LogP contribution < -0.4 is 4.90 Å². The van der Waals surface area contributed by atoms with E-state index in [1.165, 1.54) is 12.1 Å². The van der Waals surface area contributed by atoms with Crippen molar-refractivity contribution in [2.24, 2.45) is 5.92 Å². The SMILES string of the molecule is CC[C@@H]1CCN(c2ccc([N+](=O)[O-])c(C(=O)O)c2)[C@H](C)C1. The Balaban J connectivity index is 2.31. The first-order chi connectivity index (χ1) is 9.93. The van der Waals surface area contributed by atoms with Crippen molar-refractivity contribution >= 4 is 17.3 Å². The normalized spacial score (nSPS) is 22.1. The maximum absolute atomic E-state index is 11.2. The molecule has 0 saturated carbocycles. The smallest absolute Gasteiger partial charge is 0.342 e. The van der Waals surface area contributed by atoms with Crippen molar-refractivity contribution in [3.05, 3.63) is 33.9 Å². The van der Waals surface area contributed by atoms with Gasteiger partial charge in [0.25, 0.3) is 5.69 Å². The fourth-order valence-corrected chi connectivity index (χ4v) is 3.06. The van der Waals surface area contributed by atoms with E-state index in [4.69, 9.17) is 5.11 Å². The number of carboxylic acid groups (broad SMARTS) is 1. The summed E-state index contributed by atoms with van der Waals surface area (Å²) in [7, 11) is 0. The summed E-state index contributed by atoms with van der Waals surface area (Å²) < 4.78 is 0. The van der Waals surface area contributed by atoms with Gasteiger partial charge in [-0.15, -0.1) is 0 Å². The first-order valence-electron chi connectivity index (χ1n) is 7.22. The molecule has 0 unspecified atom stereocenters. The highest BCUT2D eigenvalue weighted by atomic mass is 16.6. The molecule has 0 bridgehead atoms. The van der Waals surface area contributed by atoms with Gasteiger partial charge in [0.2, 0.25) is 0 Å². The summed E-state index contributed by atoms with van der Waals surface area (Å²) in [5.74, 6) is -0.562. The number of piperidine rings is 1. The Bertz CT molecular complexity index is 559. The van der Waals surface area contributed by atoms with Crippen LogP contribution in [0.5, 0.6) is 0 Å². The van der Waals surface area contributed by atoms with Gasteiger partial charge < -0.3 is 10.0 Å². The van der Waals surface area contributed by atoms with Crippen LogP contribution in [-0.4, -0.2) is 28.6 Å². The van der Waals surface area contributed by atoms with Gasteiger partial charge >= 0.3 is 5.97 Å². The van der Waals surface area contributed by atoms with Crippen LogP contribution in [0.15, 0.2) is 18.2 Å². The third-order valence-electron chi connectivity index (χ3n) is 4.30. The average Bonchev–Trinajstić information content (AvgIpc) is 2.46. The molecule has 1 aliphatic rings. The molecule has 0 spiro atoms. The molecule has 2 rings (SSSR count). The molecule has 2 atom stereocenters. The van der Waals surface area contributed by atoms with Gasteiger partial charge in [0.05, 0.1) is 4.92 Å². The van der Waals surface area contributed by atoms with Crippen molar-refractivity contribution in [2.75, 3.05) is 11.4 Å². The number of carbonyl (C=O) groups is 1. The predicted molar refractivity (Wildman–Crippen MR) is 79.9 cm³/mol. The second kappa shape index (κ2) is 6.11. The minimum absolute atomic E-state index is 0.248. The minimum atomic E-state index is -1.26. The summed E-state index contributed by atoms with van der Waals surface area (Å²) in [5, 5.41) is 20.0. The van der Waals surface area contributed by atoms with Crippen molar-refractivity contribution in [1.82, 2.24) is 0 Å². The van der Waals surface area contributed by atoms with E-state index in [9.17, 15) is 14.9 Å². The molecule has 1 aromatic carbocycles. The number of benzene rings is 1. The lowest BCUT2D eigenvalue weighted by molar-refractivity contribution is -0.385. The quantitative estimate of drug-likeness (QED) is 0.680. The molecule has 0 amide bonds. The topological polar surface area (TPSA) is 83.7 Å². The van der Waals surface area contributed by atoms with Crippen LogP contribution in [0.25, 0.3) is 0 Å². The van der Waals surface area contributed by atoms with Crippen molar-refractivity contribution in [2.45, 2.75) is 39.2 Å². The number of nitro benzene ring substituents is 1. The standard InChI is InChI=1S/C15H20N2O4/c1-3-11-6-7-16(10(2)8-11)12-4-5-14(17(20)21)13(9-12)15(18)19/h4-5,9-11H,3,6-8H2,1-2H3,(H,18,19)/t10-,11-/m1/s1. The Morgan fingerprint density at radius 2 is 2.24 bits per heavy atom. The summed E-state index contributed by atoms with van der Waals surface area (Å²) in [4.78, 5) is 23.6. The van der Waals surface area contributed by atoms with Crippen molar-refractivity contribution in [3.8, 4) is 0 Å². The fraction of sp³-hybridized carbons (Fsp3) is 0.533. The third-order valence-corrected chi connectivity index (χ3v) is 4.30. The van der Waals surface area contributed by atoms with E-state index in [2.05, 4.69) is 18.7 Å². The molecule has 1 N–H and O–H groups in total. The lowest BCUT2D eigenvalue weighted by Gasteiger charge is -2.39. The Kier molecular flexibility index (Phi) is 4.45. The van der Waals surface area contributed by atoms with E-state index in [-0.39, 0.29) is 11.3 Å². The first-order valence-corrected chi connectivity index (χ1v) is 7.22. The molecular weight excluding hydrogens is 272 g/mol. The second-order valence-corrected chi connectivity index (χ2v) is 5.60. The van der Waals surface area contributed by atoms with Crippen molar-refractivity contribution in [3.63, 3.8) is 0 Å². The highest BCUT2D eigenvalue weighted by Gasteiger charge is 2.27. The molecule has 1 aromatic rings. The number of anilines is 1. The van der Waals surface area contributed by atoms with Gasteiger partial charge in [0.1, 0.15) is 5.56 Å². The Morgan fingerprint density at radius 3 is 2.76 bits per heavy atom. The summed E-state index contributed by atoms with van der Waals surface area (Å²) in [6.45, 7) is 5.15. The summed E-state index contributed by atoms with van der Waals surface area (Å²) in [6.07, 6.45) is 3.29. The third kappa shape index (κ3) is 3.15. The monoisotopic (exact) mass is 292 g/mol. The molecule has 1 saturated heterocycles. The summed E-state index contributed by atoms with van der Waals surface area (Å²) in [6, 6.07) is 4.67. The maximum Gasteiger partial charge on any atom is 0.342 e. The van der Waals surface area contributed by atoms with E-state index in [0.29, 0.717) is 12.0 Å². The number of nitrogens with zero attached hydrogens (tertiary/aromatic N) is 2. The van der Waals surface area contributed by atoms with Gasteiger partial charge in [0.15, 0.2) is 0 Å². The zero-order valence-electron chi connectivity index (χ0n) is 12.3. The number of carboxylic acids is 1. The molecular formula is C15H20N2O4. The van der Waals surface area contributed by atoms with Crippen LogP contribution in [0.1, 0.15) is 43.5 Å². The fourth-order valence-electron chi connectivity index (χ4n) is 3.06. The Morgan fingerprint density at radius 1 is 1.52 bits per heavy atom. The molecule has 0 aromatic heterocycles. The van der Waals surface area contributed by atoms with Gasteiger partial charge in [-0.2, -0.15) is 0 Å². The van der Waals surface area contributed by atoms with Gasteiger partial charge in [-0.25, -0.2) is 4.79 Å². The summed E-state index contributed by atoms with van der Waals surface area (Å²) >= 11 is 0. The molecule has 114 valence electrons. The van der Waals surface area contributed by atoms with Crippen LogP contribution in [0.2, 0.25) is 0 Å². The number of hydrogen-bond donors (Lipinski definition) is 1. The zero-order chi connectivity index (χ0) is 15.6. The number of rotatable bonds is 4. The van der Waals surface area contributed by atoms with E-state index in [1.54, 1.807) is 6.07 Å². The van der Waals surface area contributed by atoms with E-state index in [0.717, 1.165) is 31.5 Å². The van der Waals surface area contributed by atoms with Crippen molar-refractivity contribution < 1.29 is 14.8 Å². The largest absolute Gasteiger partial charge is 0.477 e. The van der Waals surface area contributed by atoms with Crippen LogP contribution in [0, 0.1) is 16.0 Å². The number of aromatic carboxylic acids is 1. The van der Waals surface area contributed by atoms with E-state index >= 15 is 0 Å². The van der Waals surface area contributed by atoms with Crippen LogP contribution in [-0.2, 0) is 0 Å². The minimum Gasteiger partial charge on any atom is -0.477 e. The highest BCUT2D eigenvalue weighted by Crippen LogP contribution is 2.32. The van der Waals surface area contributed by atoms with Gasteiger partial charge in [-0.3, -0.25) is 10.1 Å². The zero-order valence-corrected chi connectivity index (χ0v) is 12.3. The lowest BCUT2D eigenvalue weighted by atomic mass is 9.89. The second-order valence-electron chi connectivity index (χ2n) is 5.60. The van der Waals surface area contributed by atoms with Crippen LogP contribution >= 0.6 is 0 Å². The number of nitro groups is 1. The van der Waals surface area contributed by atoms with Gasteiger partial charge in [-0.1, -0.05) is 13.3 Å². The van der Waals surface area contributed by atoms with Gasteiger partial charge in [-0.05, 0) is 37.8 Å². The molecule has 6 nitrogen and oxygen atoms in total. The first kappa shape index (κ1) is 15.3. The van der Waals surface area contributed by atoms with E-state index in [1.807, 2.05) is 0 Å². The summed E-state index contributed by atoms with van der Waals surface area (Å²) in [5.41, 5.74) is 0.143.